The van der Waals surface area contributed by atoms with Gasteiger partial charge in [-0.15, -0.1) is 0 Å². The molecule has 6 nitrogen and oxygen atoms in total. The van der Waals surface area contributed by atoms with Gasteiger partial charge in [-0.1, -0.05) is 18.5 Å². The second-order valence-electron chi connectivity index (χ2n) is 5.08. The van der Waals surface area contributed by atoms with Crippen LogP contribution in [0.25, 0.3) is 0 Å². The zero-order chi connectivity index (χ0) is 13.7. The molecule has 1 saturated heterocycles. The number of nitrogens with two attached hydrogens (primary N) is 1. The monoisotopic (exact) mass is 269 g/mol. The van der Waals surface area contributed by atoms with Crippen LogP contribution in [0.5, 0.6) is 0 Å². The Kier molecular flexibility index (Phi) is 4.90. The third-order valence-corrected chi connectivity index (χ3v) is 3.66. The lowest BCUT2D eigenvalue weighted by atomic mass is 9.93. The van der Waals surface area contributed by atoms with E-state index in [-0.39, 0.29) is 6.04 Å². The van der Waals surface area contributed by atoms with Gasteiger partial charge >= 0.3 is 0 Å². The van der Waals surface area contributed by atoms with Crippen molar-refractivity contribution >= 4 is 0 Å². The van der Waals surface area contributed by atoms with E-state index in [4.69, 9.17) is 19.7 Å². The SMILES string of the molecule is CCCC(N)Cc1nc(C2(OC)CCOCC2)no1. The van der Waals surface area contributed by atoms with Crippen molar-refractivity contribution in [2.24, 2.45) is 5.73 Å². The normalized spacial score (nSPS) is 20.4. The fraction of sp³-hybridized carbons (Fsp3) is 0.846. The maximum absolute atomic E-state index is 5.99. The maximum Gasteiger partial charge on any atom is 0.228 e. The minimum atomic E-state index is -0.463. The Morgan fingerprint density at radius 2 is 2.16 bits per heavy atom. The first-order valence-electron chi connectivity index (χ1n) is 6.91. The lowest BCUT2D eigenvalue weighted by Gasteiger charge is -2.32. The van der Waals surface area contributed by atoms with Crippen LogP contribution in [0.4, 0.5) is 0 Å². The van der Waals surface area contributed by atoms with E-state index < -0.39 is 5.60 Å². The topological polar surface area (TPSA) is 83.4 Å². The van der Waals surface area contributed by atoms with Crippen molar-refractivity contribution in [3.63, 3.8) is 0 Å². The molecule has 0 saturated carbocycles. The van der Waals surface area contributed by atoms with Gasteiger partial charge in [0, 0.05) is 45.6 Å². The fourth-order valence-corrected chi connectivity index (χ4v) is 2.44. The zero-order valence-electron chi connectivity index (χ0n) is 11.7. The number of methoxy groups -OCH3 is 1. The second-order valence-corrected chi connectivity index (χ2v) is 5.08. The molecule has 108 valence electrons. The molecule has 0 spiro atoms. The van der Waals surface area contributed by atoms with Crippen LogP contribution in [0.2, 0.25) is 0 Å². The van der Waals surface area contributed by atoms with Gasteiger partial charge in [-0.05, 0) is 6.42 Å². The smallest absolute Gasteiger partial charge is 0.228 e. The van der Waals surface area contributed by atoms with Crippen molar-refractivity contribution in [1.82, 2.24) is 10.1 Å². The second kappa shape index (κ2) is 6.45. The number of rotatable bonds is 6. The highest BCUT2D eigenvalue weighted by Gasteiger charge is 2.39. The average molecular weight is 269 g/mol. The van der Waals surface area contributed by atoms with Gasteiger partial charge in [-0.2, -0.15) is 4.98 Å². The van der Waals surface area contributed by atoms with Crippen LogP contribution in [0, 0.1) is 0 Å². The average Bonchev–Trinajstić information content (AvgIpc) is 2.89. The summed E-state index contributed by atoms with van der Waals surface area (Å²) < 4.78 is 16.3. The summed E-state index contributed by atoms with van der Waals surface area (Å²) in [6.07, 6.45) is 4.15. The van der Waals surface area contributed by atoms with Gasteiger partial charge < -0.3 is 19.7 Å². The van der Waals surface area contributed by atoms with E-state index in [9.17, 15) is 0 Å². The first-order valence-corrected chi connectivity index (χ1v) is 6.91. The molecule has 2 rings (SSSR count). The molecule has 1 unspecified atom stereocenters. The highest BCUT2D eigenvalue weighted by molar-refractivity contribution is 5.03. The van der Waals surface area contributed by atoms with Crippen LogP contribution < -0.4 is 5.73 Å². The molecule has 0 aromatic carbocycles. The van der Waals surface area contributed by atoms with Crippen LogP contribution in [0.15, 0.2) is 4.52 Å². The summed E-state index contributed by atoms with van der Waals surface area (Å²) in [5.74, 6) is 1.22. The minimum Gasteiger partial charge on any atom is -0.381 e. The van der Waals surface area contributed by atoms with Crippen molar-refractivity contribution in [2.75, 3.05) is 20.3 Å². The van der Waals surface area contributed by atoms with Gasteiger partial charge in [-0.3, -0.25) is 0 Å². The van der Waals surface area contributed by atoms with Crippen molar-refractivity contribution in [2.45, 2.75) is 50.7 Å². The predicted molar refractivity (Wildman–Crippen MR) is 69.6 cm³/mol. The quantitative estimate of drug-likeness (QED) is 0.840. The summed E-state index contributed by atoms with van der Waals surface area (Å²) >= 11 is 0. The Morgan fingerprint density at radius 3 is 2.79 bits per heavy atom. The molecule has 0 radical (unpaired) electrons. The van der Waals surface area contributed by atoms with Gasteiger partial charge in [0.1, 0.15) is 5.60 Å². The van der Waals surface area contributed by atoms with Crippen LogP contribution in [-0.4, -0.2) is 36.5 Å². The van der Waals surface area contributed by atoms with Gasteiger partial charge in [0.2, 0.25) is 11.7 Å². The standard InChI is InChI=1S/C13H23N3O3/c1-3-4-10(14)9-11-15-12(16-19-11)13(17-2)5-7-18-8-6-13/h10H,3-9,14H2,1-2H3. The van der Waals surface area contributed by atoms with Gasteiger partial charge in [0.15, 0.2) is 0 Å². The van der Waals surface area contributed by atoms with Gasteiger partial charge in [-0.25, -0.2) is 0 Å². The Bertz CT molecular complexity index is 388. The third kappa shape index (κ3) is 3.32. The number of hydrogen-bond donors (Lipinski definition) is 1. The zero-order valence-corrected chi connectivity index (χ0v) is 11.7. The lowest BCUT2D eigenvalue weighted by Crippen LogP contribution is -2.36. The molecule has 1 aromatic heterocycles. The van der Waals surface area contributed by atoms with E-state index >= 15 is 0 Å². The third-order valence-electron chi connectivity index (χ3n) is 3.66. The molecule has 0 aliphatic carbocycles. The van der Waals surface area contributed by atoms with Crippen LogP contribution in [0.1, 0.15) is 44.3 Å². The molecule has 1 atom stereocenters. The first-order chi connectivity index (χ1) is 9.20. The Labute approximate surface area is 113 Å². The van der Waals surface area contributed by atoms with E-state index in [0.29, 0.717) is 31.3 Å². The molecule has 19 heavy (non-hydrogen) atoms. The van der Waals surface area contributed by atoms with Crippen LogP contribution in [-0.2, 0) is 21.5 Å². The van der Waals surface area contributed by atoms with E-state index in [1.54, 1.807) is 7.11 Å². The fourth-order valence-electron chi connectivity index (χ4n) is 2.44. The molecular formula is C13H23N3O3. The molecule has 2 heterocycles. The number of ether oxygens (including phenoxy) is 2. The lowest BCUT2D eigenvalue weighted by molar-refractivity contribution is -0.101. The summed E-state index contributed by atoms with van der Waals surface area (Å²) in [5, 5.41) is 4.07. The summed E-state index contributed by atoms with van der Waals surface area (Å²) in [6, 6.07) is 0.0754. The molecule has 1 fully saturated rings. The van der Waals surface area contributed by atoms with E-state index in [1.807, 2.05) is 0 Å². The summed E-state index contributed by atoms with van der Waals surface area (Å²) in [4.78, 5) is 4.46. The predicted octanol–water partition coefficient (Wildman–Crippen LogP) is 1.39. The van der Waals surface area contributed by atoms with E-state index in [1.165, 1.54) is 0 Å². The van der Waals surface area contributed by atoms with Crippen molar-refractivity contribution in [3.05, 3.63) is 11.7 Å². The molecular weight excluding hydrogens is 246 g/mol. The Balaban J connectivity index is 2.06. The molecule has 2 N–H and O–H groups in total. The maximum atomic E-state index is 5.99. The van der Waals surface area contributed by atoms with Crippen LogP contribution >= 0.6 is 0 Å². The highest BCUT2D eigenvalue weighted by atomic mass is 16.5. The highest BCUT2D eigenvalue weighted by Crippen LogP contribution is 2.33. The largest absolute Gasteiger partial charge is 0.381 e. The van der Waals surface area contributed by atoms with Gasteiger partial charge in [0.25, 0.3) is 0 Å². The van der Waals surface area contributed by atoms with E-state index in [0.717, 1.165) is 25.7 Å². The Hall–Kier alpha value is -0.980. The molecule has 1 aliphatic rings. The van der Waals surface area contributed by atoms with Crippen molar-refractivity contribution < 1.29 is 14.0 Å². The summed E-state index contributed by atoms with van der Waals surface area (Å²) in [5.41, 5.74) is 5.53. The number of hydrogen-bond acceptors (Lipinski definition) is 6. The van der Waals surface area contributed by atoms with E-state index in [2.05, 4.69) is 17.1 Å². The summed E-state index contributed by atoms with van der Waals surface area (Å²) in [7, 11) is 1.68. The molecule has 1 aromatic rings. The minimum absolute atomic E-state index is 0.0754. The number of aromatic nitrogens is 2. The van der Waals surface area contributed by atoms with Crippen LogP contribution in [0.3, 0.4) is 0 Å². The molecule has 0 bridgehead atoms. The molecule has 1 aliphatic heterocycles. The van der Waals surface area contributed by atoms with Crippen molar-refractivity contribution in [1.29, 1.82) is 0 Å². The molecule has 0 amide bonds. The Morgan fingerprint density at radius 1 is 1.42 bits per heavy atom. The number of nitrogens with zero attached hydrogens (tertiary/aromatic N) is 2. The van der Waals surface area contributed by atoms with Gasteiger partial charge in [0.05, 0.1) is 0 Å². The summed E-state index contributed by atoms with van der Waals surface area (Å²) in [6.45, 7) is 3.43. The van der Waals surface area contributed by atoms with Crippen molar-refractivity contribution in [3.8, 4) is 0 Å². The molecule has 6 heteroatoms. The first kappa shape index (κ1) is 14.4.